The van der Waals surface area contributed by atoms with Crippen LogP contribution in [0.5, 0.6) is 0 Å². The predicted octanol–water partition coefficient (Wildman–Crippen LogP) is 1.66. The molecule has 3 aromatic rings. The number of nitrogens with one attached hydrogen (secondary N) is 2. The van der Waals surface area contributed by atoms with Gasteiger partial charge in [-0.2, -0.15) is 10.1 Å². The Bertz CT molecular complexity index is 1090. The van der Waals surface area contributed by atoms with Crippen molar-refractivity contribution in [1.82, 2.24) is 34.9 Å². The van der Waals surface area contributed by atoms with Crippen LogP contribution in [-0.2, 0) is 13.1 Å². The molecular formula is C23H33N9O. The van der Waals surface area contributed by atoms with Crippen molar-refractivity contribution in [2.75, 3.05) is 56.1 Å². The maximum Gasteiger partial charge on any atom is 0.228 e. The van der Waals surface area contributed by atoms with Crippen molar-refractivity contribution < 1.29 is 5.11 Å². The Labute approximate surface area is 194 Å². The summed E-state index contributed by atoms with van der Waals surface area (Å²) < 4.78 is 1.84. The molecule has 0 radical (unpaired) electrons. The molecule has 3 aromatic heterocycles. The molecule has 10 heteroatoms. The lowest BCUT2D eigenvalue weighted by Crippen LogP contribution is -2.44. The number of aromatic nitrogens is 5. The molecular weight excluding hydrogens is 418 g/mol. The van der Waals surface area contributed by atoms with Gasteiger partial charge in [-0.3, -0.25) is 9.58 Å². The van der Waals surface area contributed by atoms with Crippen molar-refractivity contribution in [2.24, 2.45) is 0 Å². The summed E-state index contributed by atoms with van der Waals surface area (Å²) in [6, 6.07) is 5.89. The van der Waals surface area contributed by atoms with Crippen molar-refractivity contribution in [2.45, 2.75) is 39.3 Å². The minimum Gasteiger partial charge on any atom is -0.394 e. The highest BCUT2D eigenvalue weighted by Gasteiger charge is 2.24. The fraction of sp³-hybridized carbons (Fsp3) is 0.565. The molecule has 0 bridgehead atoms. The van der Waals surface area contributed by atoms with Gasteiger partial charge in [0.05, 0.1) is 13.2 Å². The van der Waals surface area contributed by atoms with E-state index in [2.05, 4.69) is 25.4 Å². The normalized spacial score (nSPS) is 17.6. The van der Waals surface area contributed by atoms with Crippen molar-refractivity contribution in [1.29, 1.82) is 0 Å². The third-order valence-corrected chi connectivity index (χ3v) is 6.31. The van der Waals surface area contributed by atoms with Gasteiger partial charge in [-0.05, 0) is 45.0 Å². The van der Waals surface area contributed by atoms with Crippen LogP contribution < -0.4 is 15.5 Å². The summed E-state index contributed by atoms with van der Waals surface area (Å²) in [5.74, 6) is 2.12. The highest BCUT2D eigenvalue weighted by molar-refractivity contribution is 5.90. The van der Waals surface area contributed by atoms with Gasteiger partial charge in [0, 0.05) is 38.4 Å². The average molecular weight is 452 g/mol. The van der Waals surface area contributed by atoms with Gasteiger partial charge in [-0.15, -0.1) is 0 Å². The number of hydrogen-bond donors (Lipinski definition) is 3. The van der Waals surface area contributed by atoms with E-state index < -0.39 is 0 Å². The van der Waals surface area contributed by atoms with Gasteiger partial charge in [0.25, 0.3) is 0 Å². The second kappa shape index (κ2) is 9.98. The maximum atomic E-state index is 9.73. The molecule has 2 fully saturated rings. The summed E-state index contributed by atoms with van der Waals surface area (Å²) in [5.41, 5.74) is 3.55. The van der Waals surface area contributed by atoms with Gasteiger partial charge < -0.3 is 20.6 Å². The molecule has 0 atom stereocenters. The number of piperazine rings is 1. The number of aliphatic hydroxyl groups excluding tert-OH is 1. The number of rotatable bonds is 7. The highest BCUT2D eigenvalue weighted by Crippen LogP contribution is 2.29. The Morgan fingerprint density at radius 2 is 1.85 bits per heavy atom. The van der Waals surface area contributed by atoms with E-state index in [-0.39, 0.29) is 6.61 Å². The maximum absolute atomic E-state index is 9.73. The van der Waals surface area contributed by atoms with Gasteiger partial charge in [0.15, 0.2) is 5.82 Å². The Balaban J connectivity index is 1.61. The number of piperidine rings is 1. The van der Waals surface area contributed by atoms with Crippen LogP contribution in [0.2, 0.25) is 0 Å². The average Bonchev–Trinajstić information content (AvgIpc) is 3.18. The van der Waals surface area contributed by atoms with Crippen molar-refractivity contribution in [3.05, 3.63) is 29.6 Å². The molecule has 0 amide bonds. The fourth-order valence-electron chi connectivity index (χ4n) is 4.65. The molecule has 176 valence electrons. The Kier molecular flexibility index (Phi) is 6.65. The SMILES string of the molecule is Cc1cccc(Nc2nc(N3CCNCC3)nc3c(CN4CCCCC4)nn(CCO)c23)n1. The second-order valence-corrected chi connectivity index (χ2v) is 8.83. The summed E-state index contributed by atoms with van der Waals surface area (Å²) in [6.45, 7) is 8.84. The van der Waals surface area contributed by atoms with Crippen LogP contribution in [0.15, 0.2) is 18.2 Å². The molecule has 0 aliphatic carbocycles. The van der Waals surface area contributed by atoms with Gasteiger partial charge in [0.1, 0.15) is 22.5 Å². The molecule has 2 aliphatic rings. The van der Waals surface area contributed by atoms with E-state index in [0.717, 1.165) is 74.1 Å². The van der Waals surface area contributed by atoms with Crippen LogP contribution in [-0.4, -0.2) is 80.6 Å². The van der Waals surface area contributed by atoms with Gasteiger partial charge in [0.2, 0.25) is 5.95 Å². The van der Waals surface area contributed by atoms with Crippen molar-refractivity contribution in [3.8, 4) is 0 Å². The van der Waals surface area contributed by atoms with Gasteiger partial charge in [-0.1, -0.05) is 12.5 Å². The van der Waals surface area contributed by atoms with Crippen LogP contribution in [0, 0.1) is 6.92 Å². The summed E-state index contributed by atoms with van der Waals surface area (Å²) in [6.07, 6.45) is 3.74. The lowest BCUT2D eigenvalue weighted by Gasteiger charge is -2.28. The smallest absolute Gasteiger partial charge is 0.228 e. The van der Waals surface area contributed by atoms with E-state index in [1.165, 1.54) is 19.3 Å². The highest BCUT2D eigenvalue weighted by atomic mass is 16.3. The van der Waals surface area contributed by atoms with Crippen LogP contribution in [0.3, 0.4) is 0 Å². The molecule has 0 unspecified atom stereocenters. The van der Waals surface area contributed by atoms with Gasteiger partial charge in [-0.25, -0.2) is 9.97 Å². The lowest BCUT2D eigenvalue weighted by atomic mass is 10.1. The molecule has 2 saturated heterocycles. The Morgan fingerprint density at radius 1 is 1.03 bits per heavy atom. The summed E-state index contributed by atoms with van der Waals surface area (Å²) in [5, 5.41) is 21.4. The van der Waals surface area contributed by atoms with E-state index in [1.807, 2.05) is 29.8 Å². The number of likely N-dealkylation sites (tertiary alicyclic amines) is 1. The number of nitrogens with zero attached hydrogens (tertiary/aromatic N) is 7. The summed E-state index contributed by atoms with van der Waals surface area (Å²) in [7, 11) is 0. The van der Waals surface area contributed by atoms with Crippen LogP contribution in [0.25, 0.3) is 11.0 Å². The molecule has 5 rings (SSSR count). The number of aryl methyl sites for hydroxylation is 1. The van der Waals surface area contributed by atoms with E-state index in [1.54, 1.807) is 0 Å². The van der Waals surface area contributed by atoms with Gasteiger partial charge >= 0.3 is 0 Å². The zero-order valence-corrected chi connectivity index (χ0v) is 19.3. The molecule has 5 heterocycles. The molecule has 0 aromatic carbocycles. The third-order valence-electron chi connectivity index (χ3n) is 6.31. The first-order valence-electron chi connectivity index (χ1n) is 12.0. The molecule has 10 nitrogen and oxygen atoms in total. The number of fused-ring (bicyclic) bond motifs is 1. The Hall–Kier alpha value is -2.82. The van der Waals surface area contributed by atoms with Crippen LogP contribution in [0.1, 0.15) is 30.7 Å². The van der Waals surface area contributed by atoms with Crippen LogP contribution in [0.4, 0.5) is 17.6 Å². The Morgan fingerprint density at radius 3 is 2.61 bits per heavy atom. The zero-order valence-electron chi connectivity index (χ0n) is 19.3. The van der Waals surface area contributed by atoms with Crippen molar-refractivity contribution >= 4 is 28.6 Å². The monoisotopic (exact) mass is 451 g/mol. The first-order valence-corrected chi connectivity index (χ1v) is 12.0. The summed E-state index contributed by atoms with van der Waals surface area (Å²) >= 11 is 0. The minimum atomic E-state index is 0.00160. The largest absolute Gasteiger partial charge is 0.394 e. The molecule has 33 heavy (non-hydrogen) atoms. The van der Waals surface area contributed by atoms with E-state index in [0.29, 0.717) is 18.3 Å². The third kappa shape index (κ3) is 4.92. The minimum absolute atomic E-state index is 0.00160. The van der Waals surface area contributed by atoms with Crippen LogP contribution >= 0.6 is 0 Å². The summed E-state index contributed by atoms with van der Waals surface area (Å²) in [4.78, 5) is 19.2. The quantitative estimate of drug-likeness (QED) is 0.494. The number of pyridine rings is 1. The zero-order chi connectivity index (χ0) is 22.6. The first kappa shape index (κ1) is 22.0. The molecule has 2 aliphatic heterocycles. The van der Waals surface area contributed by atoms with E-state index in [9.17, 15) is 5.11 Å². The fourth-order valence-corrected chi connectivity index (χ4v) is 4.65. The first-order chi connectivity index (χ1) is 16.2. The lowest BCUT2D eigenvalue weighted by molar-refractivity contribution is 0.217. The molecule has 0 saturated carbocycles. The van der Waals surface area contributed by atoms with Crippen molar-refractivity contribution in [3.63, 3.8) is 0 Å². The number of aliphatic hydroxyl groups is 1. The van der Waals surface area contributed by atoms with E-state index in [4.69, 9.17) is 15.1 Å². The van der Waals surface area contributed by atoms with E-state index >= 15 is 0 Å². The predicted molar refractivity (Wildman–Crippen MR) is 129 cm³/mol. The second-order valence-electron chi connectivity index (χ2n) is 8.83. The number of anilines is 3. The topological polar surface area (TPSA) is 107 Å². The molecule has 3 N–H and O–H groups in total. The standard InChI is InChI=1S/C23H33N9O/c1-17-6-5-7-19(25-17)26-22-21-20(27-23(28-22)31-12-8-24-9-13-31)18(29-32(21)14-15-33)16-30-10-3-2-4-11-30/h5-7,24,33H,2-4,8-16H2,1H3,(H,25,26,27,28). The molecule has 0 spiro atoms. The number of hydrogen-bond acceptors (Lipinski definition) is 9.